The summed E-state index contributed by atoms with van der Waals surface area (Å²) in [6.07, 6.45) is 2.21. The van der Waals surface area contributed by atoms with E-state index >= 15 is 0 Å². The van der Waals surface area contributed by atoms with Gasteiger partial charge in [0, 0.05) is 44.3 Å². The minimum Gasteiger partial charge on any atom is -0.353 e. The van der Waals surface area contributed by atoms with Crippen LogP contribution in [-0.2, 0) is 16.1 Å². The van der Waals surface area contributed by atoms with Crippen LogP contribution in [0.5, 0.6) is 0 Å². The number of nitrogens with zero attached hydrogens (tertiary/aromatic N) is 2. The molecule has 2 saturated heterocycles. The van der Waals surface area contributed by atoms with Crippen LogP contribution in [0.25, 0.3) is 0 Å². The molecule has 31 heavy (non-hydrogen) atoms. The molecule has 2 aromatic carbocycles. The number of rotatable bonds is 6. The predicted molar refractivity (Wildman–Crippen MR) is 124 cm³/mol. The van der Waals surface area contributed by atoms with Crippen molar-refractivity contribution in [2.24, 2.45) is 5.92 Å². The lowest BCUT2D eigenvalue weighted by molar-refractivity contribution is -0.127. The summed E-state index contributed by atoms with van der Waals surface area (Å²) in [6, 6.07) is 18.9. The van der Waals surface area contributed by atoms with Gasteiger partial charge in [0.15, 0.2) is 0 Å². The first kappa shape index (κ1) is 21.6. The van der Waals surface area contributed by atoms with Crippen molar-refractivity contribution < 1.29 is 9.59 Å². The standard InChI is InChI=1S/C26H33N3O2/c1-19(2)21-8-10-24(11-9-21)29-18-22(16-25(29)30)26(31)27-23-12-14-28(15-13-23)17-20-6-4-3-5-7-20/h3-11,19,22-23H,12-18H2,1-2H3,(H,27,31)/t22-/m0/s1. The maximum atomic E-state index is 12.8. The molecule has 0 bridgehead atoms. The molecule has 2 aromatic rings. The Kier molecular flexibility index (Phi) is 6.71. The highest BCUT2D eigenvalue weighted by atomic mass is 16.2. The molecule has 0 aromatic heterocycles. The van der Waals surface area contributed by atoms with Crippen LogP contribution in [0.1, 0.15) is 50.2 Å². The second kappa shape index (κ2) is 9.65. The summed E-state index contributed by atoms with van der Waals surface area (Å²) in [6.45, 7) is 7.71. The van der Waals surface area contributed by atoms with Crippen molar-refractivity contribution in [3.63, 3.8) is 0 Å². The number of hydrogen-bond acceptors (Lipinski definition) is 3. The van der Waals surface area contributed by atoms with Gasteiger partial charge >= 0.3 is 0 Å². The minimum absolute atomic E-state index is 0.0242. The minimum atomic E-state index is -0.264. The molecule has 1 atom stereocenters. The van der Waals surface area contributed by atoms with Gasteiger partial charge in [-0.05, 0) is 42.0 Å². The fourth-order valence-corrected chi connectivity index (χ4v) is 4.57. The molecule has 2 heterocycles. The summed E-state index contributed by atoms with van der Waals surface area (Å²) >= 11 is 0. The highest BCUT2D eigenvalue weighted by Gasteiger charge is 2.36. The van der Waals surface area contributed by atoms with Crippen molar-refractivity contribution in [3.05, 3.63) is 65.7 Å². The van der Waals surface area contributed by atoms with Gasteiger partial charge in [0.05, 0.1) is 5.92 Å². The molecule has 2 fully saturated rings. The van der Waals surface area contributed by atoms with Gasteiger partial charge in [-0.3, -0.25) is 14.5 Å². The third-order valence-electron chi connectivity index (χ3n) is 6.55. The Morgan fingerprint density at radius 3 is 2.35 bits per heavy atom. The van der Waals surface area contributed by atoms with E-state index in [2.05, 4.69) is 60.5 Å². The van der Waals surface area contributed by atoms with Gasteiger partial charge in [-0.1, -0.05) is 56.3 Å². The second-order valence-electron chi connectivity index (χ2n) is 9.20. The zero-order valence-electron chi connectivity index (χ0n) is 18.6. The van der Waals surface area contributed by atoms with Crippen molar-refractivity contribution in [2.45, 2.75) is 51.6 Å². The van der Waals surface area contributed by atoms with Crippen LogP contribution in [-0.4, -0.2) is 42.4 Å². The second-order valence-corrected chi connectivity index (χ2v) is 9.20. The van der Waals surface area contributed by atoms with Crippen molar-refractivity contribution in [2.75, 3.05) is 24.5 Å². The number of likely N-dealkylation sites (tertiary alicyclic amines) is 1. The monoisotopic (exact) mass is 419 g/mol. The molecule has 0 spiro atoms. The fourth-order valence-electron chi connectivity index (χ4n) is 4.57. The quantitative estimate of drug-likeness (QED) is 0.772. The van der Waals surface area contributed by atoms with Crippen molar-refractivity contribution >= 4 is 17.5 Å². The molecule has 2 aliphatic rings. The van der Waals surface area contributed by atoms with Crippen LogP contribution in [0.4, 0.5) is 5.69 Å². The topological polar surface area (TPSA) is 52.7 Å². The highest BCUT2D eigenvalue weighted by Crippen LogP contribution is 2.27. The number of carbonyl (C=O) groups is 2. The first-order chi connectivity index (χ1) is 15.0. The van der Waals surface area contributed by atoms with E-state index in [0.29, 0.717) is 18.9 Å². The Morgan fingerprint density at radius 2 is 1.71 bits per heavy atom. The molecule has 0 saturated carbocycles. The fraction of sp³-hybridized carbons (Fsp3) is 0.462. The number of nitrogens with one attached hydrogen (secondary N) is 1. The average molecular weight is 420 g/mol. The van der Waals surface area contributed by atoms with Gasteiger partial charge in [0.25, 0.3) is 0 Å². The maximum Gasteiger partial charge on any atom is 0.227 e. The first-order valence-corrected chi connectivity index (χ1v) is 11.5. The Hall–Kier alpha value is -2.66. The normalized spacial score (nSPS) is 20.4. The smallest absolute Gasteiger partial charge is 0.227 e. The van der Waals surface area contributed by atoms with Crippen molar-refractivity contribution in [3.8, 4) is 0 Å². The molecule has 2 amide bonds. The van der Waals surface area contributed by atoms with E-state index < -0.39 is 0 Å². The molecule has 5 heteroatoms. The van der Waals surface area contributed by atoms with E-state index in [-0.39, 0.29) is 23.8 Å². The SMILES string of the molecule is CC(C)c1ccc(N2C[C@@H](C(=O)NC3CCN(Cc4ccccc4)CC3)CC2=O)cc1. The number of hydrogen-bond donors (Lipinski definition) is 1. The summed E-state index contributed by atoms with van der Waals surface area (Å²) < 4.78 is 0. The third kappa shape index (κ3) is 5.34. The number of anilines is 1. The lowest BCUT2D eigenvalue weighted by Crippen LogP contribution is -2.46. The molecular weight excluding hydrogens is 386 g/mol. The summed E-state index contributed by atoms with van der Waals surface area (Å²) in [5.41, 5.74) is 3.47. The van der Waals surface area contributed by atoms with Crippen LogP contribution in [0.2, 0.25) is 0 Å². The van der Waals surface area contributed by atoms with Gasteiger partial charge in [0.1, 0.15) is 0 Å². The number of piperidine rings is 1. The zero-order valence-corrected chi connectivity index (χ0v) is 18.6. The van der Waals surface area contributed by atoms with Gasteiger partial charge in [-0.25, -0.2) is 0 Å². The zero-order chi connectivity index (χ0) is 21.8. The summed E-state index contributed by atoms with van der Waals surface area (Å²) in [4.78, 5) is 29.6. The molecule has 1 N–H and O–H groups in total. The molecule has 164 valence electrons. The molecule has 5 nitrogen and oxygen atoms in total. The molecule has 0 aliphatic carbocycles. The Bertz CT molecular complexity index is 887. The van der Waals surface area contributed by atoms with Crippen LogP contribution in [0.15, 0.2) is 54.6 Å². The average Bonchev–Trinajstić information content (AvgIpc) is 3.18. The van der Waals surface area contributed by atoms with Gasteiger partial charge in [-0.2, -0.15) is 0 Å². The molecule has 0 unspecified atom stereocenters. The predicted octanol–water partition coefficient (Wildman–Crippen LogP) is 3.94. The van der Waals surface area contributed by atoms with Crippen LogP contribution in [0.3, 0.4) is 0 Å². The molecular formula is C26H33N3O2. The van der Waals surface area contributed by atoms with Crippen LogP contribution >= 0.6 is 0 Å². The lowest BCUT2D eigenvalue weighted by atomic mass is 10.0. The first-order valence-electron chi connectivity index (χ1n) is 11.5. The van der Waals surface area contributed by atoms with Gasteiger partial charge in [-0.15, -0.1) is 0 Å². The summed E-state index contributed by atoms with van der Waals surface area (Å²) in [7, 11) is 0. The Labute approximate surface area is 185 Å². The van der Waals surface area contributed by atoms with Gasteiger partial charge in [0.2, 0.25) is 11.8 Å². The van der Waals surface area contributed by atoms with E-state index in [4.69, 9.17) is 0 Å². The molecule has 4 rings (SSSR count). The third-order valence-corrected chi connectivity index (χ3v) is 6.55. The van der Waals surface area contributed by atoms with E-state index in [0.717, 1.165) is 38.2 Å². The van der Waals surface area contributed by atoms with Crippen molar-refractivity contribution in [1.82, 2.24) is 10.2 Å². The Morgan fingerprint density at radius 1 is 1.03 bits per heavy atom. The number of amides is 2. The van der Waals surface area contributed by atoms with Gasteiger partial charge < -0.3 is 10.2 Å². The Balaban J connectivity index is 1.26. The van der Waals surface area contributed by atoms with E-state index in [9.17, 15) is 9.59 Å². The van der Waals surface area contributed by atoms with E-state index in [1.54, 1.807) is 4.90 Å². The molecule has 0 radical (unpaired) electrons. The van der Waals surface area contributed by atoms with Crippen LogP contribution < -0.4 is 10.2 Å². The molecule has 2 aliphatic heterocycles. The van der Waals surface area contributed by atoms with E-state index in [1.807, 2.05) is 18.2 Å². The number of benzene rings is 2. The summed E-state index contributed by atoms with van der Waals surface area (Å²) in [5, 5.41) is 3.22. The largest absolute Gasteiger partial charge is 0.353 e. The van der Waals surface area contributed by atoms with Crippen LogP contribution in [0, 0.1) is 5.92 Å². The summed E-state index contributed by atoms with van der Waals surface area (Å²) in [5.74, 6) is 0.256. The number of carbonyl (C=O) groups excluding carboxylic acids is 2. The maximum absolute atomic E-state index is 12.8. The van der Waals surface area contributed by atoms with Crippen molar-refractivity contribution in [1.29, 1.82) is 0 Å². The highest BCUT2D eigenvalue weighted by molar-refractivity contribution is 6.00. The van der Waals surface area contributed by atoms with E-state index in [1.165, 1.54) is 11.1 Å². The lowest BCUT2D eigenvalue weighted by Gasteiger charge is -2.32.